The van der Waals surface area contributed by atoms with Gasteiger partial charge in [-0.2, -0.15) is 0 Å². The molecule has 0 bridgehead atoms. The van der Waals surface area contributed by atoms with Gasteiger partial charge in [-0.1, -0.05) is 18.7 Å². The Labute approximate surface area is 104 Å². The molecule has 1 amide bonds. The molecular weight excluding hydrogens is 230 g/mol. The molecule has 5 nitrogen and oxygen atoms in total. The Morgan fingerprint density at radius 1 is 1.50 bits per heavy atom. The maximum Gasteiger partial charge on any atom is 0.258 e. The first-order valence-electron chi connectivity index (χ1n) is 5.47. The fourth-order valence-electron chi connectivity index (χ4n) is 1.67. The van der Waals surface area contributed by atoms with Gasteiger partial charge in [0.2, 0.25) is 5.91 Å². The number of likely N-dealkylation sites (N-methyl/N-ethyl adjacent to an activating group) is 1. The molecule has 0 radical (unpaired) electrons. The number of nitrogens with one attached hydrogen (secondary N) is 1. The summed E-state index contributed by atoms with van der Waals surface area (Å²) in [5.74, 6) is 0.238. The largest absolute Gasteiger partial charge is 0.335 e. The molecule has 0 aliphatic rings. The molecule has 2 rings (SSSR count). The third kappa shape index (κ3) is 2.29. The minimum Gasteiger partial charge on any atom is -0.335 e. The molecule has 1 N–H and O–H groups in total. The van der Waals surface area contributed by atoms with Gasteiger partial charge in [0.25, 0.3) is 5.56 Å². The summed E-state index contributed by atoms with van der Waals surface area (Å²) in [6, 6.07) is 7.08. The van der Waals surface area contributed by atoms with Crippen LogP contribution in [-0.4, -0.2) is 27.8 Å². The number of carbonyl (C=O) groups is 1. The first kappa shape index (κ1) is 12.0. The zero-order chi connectivity index (χ0) is 13.1. The molecule has 18 heavy (non-hydrogen) atoms. The molecule has 2 aromatic rings. The molecule has 0 aliphatic carbocycles. The van der Waals surface area contributed by atoms with Crippen molar-refractivity contribution in [2.24, 2.45) is 0 Å². The van der Waals surface area contributed by atoms with E-state index >= 15 is 0 Å². The van der Waals surface area contributed by atoms with Crippen molar-refractivity contribution < 1.29 is 4.79 Å². The van der Waals surface area contributed by atoms with Crippen molar-refractivity contribution in [1.82, 2.24) is 14.9 Å². The Morgan fingerprint density at radius 3 is 2.94 bits per heavy atom. The number of rotatable bonds is 3. The van der Waals surface area contributed by atoms with E-state index in [4.69, 9.17) is 0 Å². The Morgan fingerprint density at radius 2 is 2.22 bits per heavy atom. The summed E-state index contributed by atoms with van der Waals surface area (Å²) in [5.41, 5.74) is 0.422. The molecule has 0 atom stereocenters. The number of hydrogen-bond donors (Lipinski definition) is 1. The van der Waals surface area contributed by atoms with Gasteiger partial charge in [0, 0.05) is 7.05 Å². The molecule has 0 spiro atoms. The normalized spacial score (nSPS) is 10.3. The van der Waals surface area contributed by atoms with Gasteiger partial charge in [-0.05, 0) is 18.2 Å². The van der Waals surface area contributed by atoms with Crippen LogP contribution in [0.25, 0.3) is 10.9 Å². The van der Waals surface area contributed by atoms with Crippen LogP contribution in [0.5, 0.6) is 0 Å². The van der Waals surface area contributed by atoms with Gasteiger partial charge in [-0.25, -0.2) is 4.98 Å². The number of hydrogen-bond acceptors (Lipinski definition) is 3. The highest BCUT2D eigenvalue weighted by Crippen LogP contribution is 2.06. The van der Waals surface area contributed by atoms with E-state index in [1.54, 1.807) is 25.2 Å². The van der Waals surface area contributed by atoms with Crippen LogP contribution in [0.4, 0.5) is 0 Å². The van der Waals surface area contributed by atoms with E-state index in [9.17, 15) is 9.59 Å². The Hall–Kier alpha value is -2.43. The van der Waals surface area contributed by atoms with E-state index in [-0.39, 0.29) is 18.0 Å². The second-order valence-corrected chi connectivity index (χ2v) is 3.93. The quantitative estimate of drug-likeness (QED) is 0.820. The van der Waals surface area contributed by atoms with Gasteiger partial charge in [0.1, 0.15) is 5.82 Å². The molecule has 92 valence electrons. The number of nitrogens with zero attached hydrogens (tertiary/aromatic N) is 2. The van der Waals surface area contributed by atoms with Crippen LogP contribution in [-0.2, 0) is 11.3 Å². The van der Waals surface area contributed by atoms with Crippen molar-refractivity contribution in [3.8, 4) is 0 Å². The van der Waals surface area contributed by atoms with E-state index in [0.29, 0.717) is 16.7 Å². The maximum atomic E-state index is 11.8. The Kier molecular flexibility index (Phi) is 3.23. The molecule has 1 aromatic carbocycles. The molecule has 5 heteroatoms. The minimum absolute atomic E-state index is 0.199. The Balaban J connectivity index is 2.38. The number of aromatic amines is 1. The van der Waals surface area contributed by atoms with Crippen LogP contribution in [0.1, 0.15) is 5.82 Å². The van der Waals surface area contributed by atoms with Crippen molar-refractivity contribution in [2.75, 3.05) is 7.05 Å². The van der Waals surface area contributed by atoms with Crippen LogP contribution in [0, 0.1) is 0 Å². The number of aromatic nitrogens is 2. The fraction of sp³-hybridized carbons (Fsp3) is 0.154. The Bertz CT molecular complexity index is 661. The SMILES string of the molecule is C=CC(=O)N(C)Cc1nc2ccccc2c(=O)[nH]1. The average Bonchev–Trinajstić information content (AvgIpc) is 2.37. The van der Waals surface area contributed by atoms with Crippen LogP contribution >= 0.6 is 0 Å². The van der Waals surface area contributed by atoms with Crippen LogP contribution in [0.15, 0.2) is 41.7 Å². The molecule has 0 unspecified atom stereocenters. The minimum atomic E-state index is -0.217. The predicted octanol–water partition coefficient (Wildman–Crippen LogP) is 1.07. The molecular formula is C13H13N3O2. The lowest BCUT2D eigenvalue weighted by Gasteiger charge is -2.14. The van der Waals surface area contributed by atoms with E-state index in [1.165, 1.54) is 11.0 Å². The van der Waals surface area contributed by atoms with Gasteiger partial charge in [-0.3, -0.25) is 9.59 Å². The highest BCUT2D eigenvalue weighted by atomic mass is 16.2. The third-order valence-electron chi connectivity index (χ3n) is 2.60. The fourth-order valence-corrected chi connectivity index (χ4v) is 1.67. The summed E-state index contributed by atoms with van der Waals surface area (Å²) in [6.07, 6.45) is 1.22. The number of carbonyl (C=O) groups excluding carboxylic acids is 1. The second-order valence-electron chi connectivity index (χ2n) is 3.93. The average molecular weight is 243 g/mol. The summed E-state index contributed by atoms with van der Waals surface area (Å²) < 4.78 is 0. The summed E-state index contributed by atoms with van der Waals surface area (Å²) in [7, 11) is 1.62. The highest BCUT2D eigenvalue weighted by Gasteiger charge is 2.08. The summed E-state index contributed by atoms with van der Waals surface area (Å²) in [6.45, 7) is 3.65. The van der Waals surface area contributed by atoms with E-state index < -0.39 is 0 Å². The van der Waals surface area contributed by atoms with Crippen LogP contribution in [0.3, 0.4) is 0 Å². The van der Waals surface area contributed by atoms with Crippen LogP contribution < -0.4 is 5.56 Å². The third-order valence-corrected chi connectivity index (χ3v) is 2.60. The van der Waals surface area contributed by atoms with E-state index in [1.807, 2.05) is 6.07 Å². The van der Waals surface area contributed by atoms with Crippen molar-refractivity contribution in [2.45, 2.75) is 6.54 Å². The molecule has 1 aromatic heterocycles. The molecule has 0 aliphatic heterocycles. The molecule has 1 heterocycles. The molecule has 0 fully saturated rings. The lowest BCUT2D eigenvalue weighted by molar-refractivity contribution is -0.125. The number of para-hydroxylation sites is 1. The van der Waals surface area contributed by atoms with E-state index in [2.05, 4.69) is 16.5 Å². The summed E-state index contributed by atoms with van der Waals surface area (Å²) >= 11 is 0. The zero-order valence-electron chi connectivity index (χ0n) is 10.0. The van der Waals surface area contributed by atoms with Gasteiger partial charge < -0.3 is 9.88 Å². The summed E-state index contributed by atoms with van der Waals surface area (Å²) in [5, 5.41) is 0.541. The first-order chi connectivity index (χ1) is 8.61. The second kappa shape index (κ2) is 4.83. The zero-order valence-corrected chi connectivity index (χ0v) is 10.0. The number of amides is 1. The van der Waals surface area contributed by atoms with Crippen molar-refractivity contribution in [3.05, 3.63) is 53.1 Å². The molecule has 0 saturated heterocycles. The van der Waals surface area contributed by atoms with Crippen LogP contribution in [0.2, 0.25) is 0 Å². The topological polar surface area (TPSA) is 66.1 Å². The summed E-state index contributed by atoms with van der Waals surface area (Å²) in [4.78, 5) is 31.6. The number of fused-ring (bicyclic) bond motifs is 1. The van der Waals surface area contributed by atoms with Gasteiger partial charge >= 0.3 is 0 Å². The maximum absolute atomic E-state index is 11.8. The van der Waals surface area contributed by atoms with Crippen molar-refractivity contribution in [1.29, 1.82) is 0 Å². The smallest absolute Gasteiger partial charge is 0.258 e. The standard InChI is InChI=1S/C13H13N3O2/c1-3-12(17)16(2)8-11-14-10-7-5-4-6-9(10)13(18)15-11/h3-7H,1,8H2,2H3,(H,14,15,18). The highest BCUT2D eigenvalue weighted by molar-refractivity contribution is 5.86. The van der Waals surface area contributed by atoms with Crippen molar-refractivity contribution in [3.63, 3.8) is 0 Å². The van der Waals surface area contributed by atoms with Gasteiger partial charge in [-0.15, -0.1) is 0 Å². The number of benzene rings is 1. The monoisotopic (exact) mass is 243 g/mol. The first-order valence-corrected chi connectivity index (χ1v) is 5.47. The number of H-pyrrole nitrogens is 1. The lowest BCUT2D eigenvalue weighted by atomic mass is 10.2. The van der Waals surface area contributed by atoms with Gasteiger partial charge in [0.15, 0.2) is 0 Å². The van der Waals surface area contributed by atoms with Crippen molar-refractivity contribution >= 4 is 16.8 Å². The predicted molar refractivity (Wildman–Crippen MR) is 69.0 cm³/mol. The lowest BCUT2D eigenvalue weighted by Crippen LogP contribution is -2.26. The van der Waals surface area contributed by atoms with E-state index in [0.717, 1.165) is 0 Å². The molecule has 0 saturated carbocycles. The van der Waals surface area contributed by atoms with Gasteiger partial charge in [0.05, 0.1) is 17.4 Å².